The summed E-state index contributed by atoms with van der Waals surface area (Å²) in [4.78, 5) is 12.1. The van der Waals surface area contributed by atoms with Gasteiger partial charge in [-0.15, -0.1) is 0 Å². The number of nitrogens with one attached hydrogen (secondary N) is 2. The summed E-state index contributed by atoms with van der Waals surface area (Å²) in [6.07, 6.45) is 0.460. The van der Waals surface area contributed by atoms with Crippen molar-refractivity contribution in [1.82, 2.24) is 10.6 Å². The van der Waals surface area contributed by atoms with Gasteiger partial charge in [0.05, 0.1) is 12.6 Å². The maximum atomic E-state index is 12.1. The smallest absolute Gasteiger partial charge is 0.315 e. The lowest BCUT2D eigenvalue weighted by atomic mass is 10.0. The van der Waals surface area contributed by atoms with E-state index in [0.717, 1.165) is 16.5 Å². The first-order chi connectivity index (χ1) is 11.8. The lowest BCUT2D eigenvalue weighted by molar-refractivity contribution is 0.228. The van der Waals surface area contributed by atoms with Gasteiger partial charge in [-0.2, -0.15) is 0 Å². The molecule has 1 atom stereocenters. The summed E-state index contributed by atoms with van der Waals surface area (Å²) in [5, 5.41) is 15.9. The fourth-order valence-electron chi connectivity index (χ4n) is 2.64. The molecule has 0 fully saturated rings. The highest BCUT2D eigenvalue weighted by Crippen LogP contribution is 2.19. The first-order valence-electron chi connectivity index (χ1n) is 7.94. The minimum atomic E-state index is -0.294. The van der Waals surface area contributed by atoms with Gasteiger partial charge in [0.15, 0.2) is 0 Å². The lowest BCUT2D eigenvalue weighted by Crippen LogP contribution is -2.37. The Balaban J connectivity index is 1.59. The molecule has 0 aliphatic carbocycles. The summed E-state index contributed by atoms with van der Waals surface area (Å²) in [7, 11) is 0. The van der Waals surface area contributed by atoms with Crippen molar-refractivity contribution >= 4 is 17.0 Å². The van der Waals surface area contributed by atoms with Gasteiger partial charge in [0.1, 0.15) is 11.3 Å². The highest BCUT2D eigenvalue weighted by molar-refractivity contribution is 5.78. The van der Waals surface area contributed by atoms with Gasteiger partial charge in [-0.05, 0) is 24.1 Å². The molecular weight excluding hydrogens is 304 g/mol. The Labute approximate surface area is 140 Å². The van der Waals surface area contributed by atoms with E-state index in [4.69, 9.17) is 4.42 Å². The maximum absolute atomic E-state index is 12.1. The molecular formula is C19H20N2O3. The number of aliphatic hydroxyl groups excluding tert-OH is 1. The van der Waals surface area contributed by atoms with Crippen molar-refractivity contribution in [2.24, 2.45) is 0 Å². The van der Waals surface area contributed by atoms with E-state index in [-0.39, 0.29) is 18.7 Å². The number of aliphatic hydroxyl groups is 1. The molecule has 1 heterocycles. The van der Waals surface area contributed by atoms with E-state index in [9.17, 15) is 9.90 Å². The average molecular weight is 324 g/mol. The molecule has 0 bridgehead atoms. The van der Waals surface area contributed by atoms with Crippen LogP contribution >= 0.6 is 0 Å². The van der Waals surface area contributed by atoms with E-state index in [1.165, 1.54) is 0 Å². The fourth-order valence-corrected chi connectivity index (χ4v) is 2.64. The van der Waals surface area contributed by atoms with Crippen LogP contribution in [0.3, 0.4) is 0 Å². The molecule has 0 aliphatic rings. The zero-order chi connectivity index (χ0) is 16.8. The van der Waals surface area contributed by atoms with Crippen LogP contribution in [0, 0.1) is 0 Å². The third-order valence-corrected chi connectivity index (χ3v) is 3.82. The van der Waals surface area contributed by atoms with Crippen molar-refractivity contribution in [1.29, 1.82) is 0 Å². The van der Waals surface area contributed by atoms with E-state index in [2.05, 4.69) is 10.6 Å². The second-order valence-electron chi connectivity index (χ2n) is 5.55. The van der Waals surface area contributed by atoms with Crippen LogP contribution in [0.1, 0.15) is 23.8 Å². The van der Waals surface area contributed by atoms with Gasteiger partial charge in [0.25, 0.3) is 0 Å². The van der Waals surface area contributed by atoms with Gasteiger partial charge < -0.3 is 20.2 Å². The van der Waals surface area contributed by atoms with Crippen LogP contribution in [0.2, 0.25) is 0 Å². The number of urea groups is 1. The van der Waals surface area contributed by atoms with E-state index < -0.39 is 0 Å². The quantitative estimate of drug-likeness (QED) is 0.651. The fraction of sp³-hybridized carbons (Fsp3) is 0.211. The number of rotatable bonds is 6. The molecule has 0 unspecified atom stereocenters. The molecule has 3 rings (SSSR count). The predicted molar refractivity (Wildman–Crippen MR) is 92.5 cm³/mol. The Morgan fingerprint density at radius 1 is 1.08 bits per heavy atom. The van der Waals surface area contributed by atoms with Crippen LogP contribution in [0.25, 0.3) is 11.0 Å². The SMILES string of the molecule is O=C(NCc1cc2ccccc2o1)N[C@H](CCO)c1ccccc1. The second-order valence-corrected chi connectivity index (χ2v) is 5.55. The summed E-state index contributed by atoms with van der Waals surface area (Å²) in [6.45, 7) is 0.310. The van der Waals surface area contributed by atoms with Gasteiger partial charge in [0.2, 0.25) is 0 Å². The standard InChI is InChI=1S/C19H20N2O3/c22-11-10-17(14-6-2-1-3-7-14)21-19(23)20-13-16-12-15-8-4-5-9-18(15)24-16/h1-9,12,17,22H,10-11,13H2,(H2,20,21,23)/t17-/m1/s1. The monoisotopic (exact) mass is 324 g/mol. The number of furan rings is 1. The van der Waals surface area contributed by atoms with E-state index in [0.29, 0.717) is 18.7 Å². The molecule has 24 heavy (non-hydrogen) atoms. The molecule has 0 aliphatic heterocycles. The van der Waals surface area contributed by atoms with E-state index in [1.54, 1.807) is 0 Å². The minimum Gasteiger partial charge on any atom is -0.459 e. The van der Waals surface area contributed by atoms with Crippen LogP contribution < -0.4 is 10.6 Å². The summed E-state index contributed by atoms with van der Waals surface area (Å²) < 4.78 is 5.67. The molecule has 0 radical (unpaired) electrons. The van der Waals surface area contributed by atoms with Crippen molar-refractivity contribution < 1.29 is 14.3 Å². The van der Waals surface area contributed by atoms with Crippen molar-refractivity contribution in [3.63, 3.8) is 0 Å². The summed E-state index contributed by atoms with van der Waals surface area (Å²) in [5.41, 5.74) is 1.77. The maximum Gasteiger partial charge on any atom is 0.315 e. The number of hydrogen-bond donors (Lipinski definition) is 3. The van der Waals surface area contributed by atoms with Gasteiger partial charge in [-0.3, -0.25) is 0 Å². The molecule has 0 saturated carbocycles. The molecule has 2 amide bonds. The molecule has 0 saturated heterocycles. The van der Waals surface area contributed by atoms with Crippen LogP contribution in [0.4, 0.5) is 4.79 Å². The highest BCUT2D eigenvalue weighted by atomic mass is 16.3. The van der Waals surface area contributed by atoms with Crippen LogP contribution in [0.5, 0.6) is 0 Å². The summed E-state index contributed by atoms with van der Waals surface area (Å²) in [6, 6.07) is 18.7. The zero-order valence-corrected chi connectivity index (χ0v) is 13.2. The summed E-state index contributed by atoms with van der Waals surface area (Å²) >= 11 is 0. The number of amides is 2. The van der Waals surface area contributed by atoms with Crippen molar-refractivity contribution in [3.8, 4) is 0 Å². The van der Waals surface area contributed by atoms with Crippen LogP contribution in [-0.2, 0) is 6.54 Å². The lowest BCUT2D eigenvalue weighted by Gasteiger charge is -2.18. The molecule has 1 aromatic heterocycles. The Bertz CT molecular complexity index is 765. The normalized spacial score (nSPS) is 12.0. The van der Waals surface area contributed by atoms with E-state index in [1.807, 2.05) is 60.7 Å². The molecule has 5 nitrogen and oxygen atoms in total. The predicted octanol–water partition coefficient (Wildman–Crippen LogP) is 3.36. The zero-order valence-electron chi connectivity index (χ0n) is 13.2. The third-order valence-electron chi connectivity index (χ3n) is 3.82. The Morgan fingerprint density at radius 3 is 2.58 bits per heavy atom. The molecule has 124 valence electrons. The number of para-hydroxylation sites is 1. The Kier molecular flexibility index (Phi) is 5.13. The topological polar surface area (TPSA) is 74.5 Å². The number of benzene rings is 2. The highest BCUT2D eigenvalue weighted by Gasteiger charge is 2.14. The van der Waals surface area contributed by atoms with Gasteiger partial charge in [-0.25, -0.2) is 4.79 Å². The van der Waals surface area contributed by atoms with Gasteiger partial charge >= 0.3 is 6.03 Å². The Morgan fingerprint density at radius 2 is 1.83 bits per heavy atom. The average Bonchev–Trinajstić information content (AvgIpc) is 3.03. The second kappa shape index (κ2) is 7.66. The van der Waals surface area contributed by atoms with Crippen molar-refractivity contribution in [3.05, 3.63) is 72.0 Å². The number of carbonyl (C=O) groups is 1. The van der Waals surface area contributed by atoms with Crippen LogP contribution in [-0.4, -0.2) is 17.7 Å². The number of hydrogen-bond acceptors (Lipinski definition) is 3. The van der Waals surface area contributed by atoms with Crippen molar-refractivity contribution in [2.45, 2.75) is 19.0 Å². The molecule has 2 aromatic carbocycles. The van der Waals surface area contributed by atoms with E-state index >= 15 is 0 Å². The Hall–Kier alpha value is -2.79. The summed E-state index contributed by atoms with van der Waals surface area (Å²) in [5.74, 6) is 0.699. The minimum absolute atomic E-state index is 0.00339. The van der Waals surface area contributed by atoms with Crippen molar-refractivity contribution in [2.75, 3.05) is 6.61 Å². The van der Waals surface area contributed by atoms with Gasteiger partial charge in [0, 0.05) is 12.0 Å². The molecule has 0 spiro atoms. The number of carbonyl (C=O) groups excluding carboxylic acids is 1. The first kappa shape index (κ1) is 16.1. The van der Waals surface area contributed by atoms with Crippen LogP contribution in [0.15, 0.2) is 65.1 Å². The molecule has 5 heteroatoms. The number of fused-ring (bicyclic) bond motifs is 1. The first-order valence-corrected chi connectivity index (χ1v) is 7.94. The third kappa shape index (κ3) is 3.94. The molecule has 3 N–H and O–H groups in total. The molecule has 3 aromatic rings. The van der Waals surface area contributed by atoms with Gasteiger partial charge in [-0.1, -0.05) is 48.5 Å². The largest absolute Gasteiger partial charge is 0.459 e.